The van der Waals surface area contributed by atoms with Crippen LogP contribution in [0.2, 0.25) is 0 Å². The summed E-state index contributed by atoms with van der Waals surface area (Å²) in [7, 11) is 1.33. The van der Waals surface area contributed by atoms with E-state index in [0.29, 0.717) is 5.75 Å². The first-order valence-corrected chi connectivity index (χ1v) is 8.71. The van der Waals surface area contributed by atoms with Gasteiger partial charge in [-0.3, -0.25) is 4.79 Å². The Morgan fingerprint density at radius 3 is 2.30 bits per heavy atom. The number of aromatic amines is 1. The third-order valence-corrected chi connectivity index (χ3v) is 4.36. The summed E-state index contributed by atoms with van der Waals surface area (Å²) in [6.45, 7) is 0.224. The molecule has 5 N–H and O–H groups in total. The molecule has 3 rings (SSSR count). The molecule has 0 aliphatic rings. The number of anilines is 1. The summed E-state index contributed by atoms with van der Waals surface area (Å²) >= 11 is 0. The molecule has 0 aliphatic heterocycles. The van der Waals surface area contributed by atoms with Gasteiger partial charge in [0, 0.05) is 11.1 Å². The van der Waals surface area contributed by atoms with Crippen LogP contribution in [0.25, 0.3) is 11.1 Å². The minimum absolute atomic E-state index is 0.0515. The maximum Gasteiger partial charge on any atom is 0.342 e. The van der Waals surface area contributed by atoms with E-state index in [1.54, 1.807) is 6.07 Å². The van der Waals surface area contributed by atoms with Crippen molar-refractivity contribution in [1.82, 2.24) is 4.98 Å². The minimum atomic E-state index is -1.61. The quantitative estimate of drug-likeness (QED) is 0.464. The van der Waals surface area contributed by atoms with Crippen molar-refractivity contribution in [2.45, 2.75) is 6.61 Å². The van der Waals surface area contributed by atoms with Gasteiger partial charge < -0.3 is 30.4 Å². The molecular formula is C21H18N2O7. The van der Waals surface area contributed by atoms with Crippen LogP contribution in [0.5, 0.6) is 11.5 Å². The number of methoxy groups -OCH3 is 1. The number of carboxylic acid groups (broad SMARTS) is 2. The molecular weight excluding hydrogens is 392 g/mol. The van der Waals surface area contributed by atoms with E-state index >= 15 is 0 Å². The molecule has 0 atom stereocenters. The van der Waals surface area contributed by atoms with Crippen LogP contribution in [0.4, 0.5) is 5.82 Å². The SMILES string of the molecule is COc1ccc(OCc2ccccc2)cc1-c1c(C(=O)O)c(N)[nH]c(=O)c1C(=O)O. The largest absolute Gasteiger partial charge is 0.496 e. The van der Waals surface area contributed by atoms with E-state index in [2.05, 4.69) is 4.98 Å². The zero-order valence-corrected chi connectivity index (χ0v) is 15.8. The number of rotatable bonds is 7. The number of nitrogen functional groups attached to an aromatic ring is 1. The number of nitrogens with one attached hydrogen (secondary N) is 1. The summed E-state index contributed by atoms with van der Waals surface area (Å²) in [6, 6.07) is 13.8. The van der Waals surface area contributed by atoms with Gasteiger partial charge in [-0.25, -0.2) is 9.59 Å². The number of carboxylic acids is 2. The van der Waals surface area contributed by atoms with Crippen molar-refractivity contribution in [3.05, 3.63) is 75.6 Å². The molecule has 0 saturated heterocycles. The molecule has 30 heavy (non-hydrogen) atoms. The highest BCUT2D eigenvalue weighted by Crippen LogP contribution is 2.38. The van der Waals surface area contributed by atoms with Crippen molar-refractivity contribution in [2.24, 2.45) is 0 Å². The Hall–Kier alpha value is -4.27. The van der Waals surface area contributed by atoms with E-state index < -0.39 is 34.4 Å². The number of hydrogen-bond donors (Lipinski definition) is 4. The Balaban J connectivity index is 2.20. The fourth-order valence-corrected chi connectivity index (χ4v) is 3.03. The van der Waals surface area contributed by atoms with E-state index in [1.807, 2.05) is 30.3 Å². The summed E-state index contributed by atoms with van der Waals surface area (Å²) in [5, 5.41) is 19.2. The van der Waals surface area contributed by atoms with Crippen LogP contribution in [0.15, 0.2) is 53.3 Å². The van der Waals surface area contributed by atoms with Crippen molar-refractivity contribution in [3.63, 3.8) is 0 Å². The second kappa shape index (κ2) is 8.39. The number of hydrogen-bond acceptors (Lipinski definition) is 6. The monoisotopic (exact) mass is 410 g/mol. The molecule has 0 aliphatic carbocycles. The first kappa shape index (κ1) is 20.5. The Morgan fingerprint density at radius 2 is 1.70 bits per heavy atom. The van der Waals surface area contributed by atoms with Crippen LogP contribution in [0.1, 0.15) is 26.3 Å². The van der Waals surface area contributed by atoms with Crippen LogP contribution in [-0.2, 0) is 6.61 Å². The fourth-order valence-electron chi connectivity index (χ4n) is 3.03. The average Bonchev–Trinajstić information content (AvgIpc) is 2.71. The molecule has 0 fully saturated rings. The molecule has 0 amide bonds. The predicted octanol–water partition coefficient (Wildman–Crippen LogP) is 2.61. The molecule has 2 aromatic carbocycles. The number of nitrogens with two attached hydrogens (primary N) is 1. The summed E-state index contributed by atoms with van der Waals surface area (Å²) in [6.07, 6.45) is 0. The van der Waals surface area contributed by atoms with Crippen molar-refractivity contribution in [1.29, 1.82) is 0 Å². The lowest BCUT2D eigenvalue weighted by molar-refractivity contribution is 0.0695. The van der Waals surface area contributed by atoms with Gasteiger partial charge in [-0.1, -0.05) is 30.3 Å². The number of aromatic carboxylic acids is 2. The minimum Gasteiger partial charge on any atom is -0.496 e. The summed E-state index contributed by atoms with van der Waals surface area (Å²) < 4.78 is 11.0. The van der Waals surface area contributed by atoms with Crippen molar-refractivity contribution < 1.29 is 29.3 Å². The number of pyridine rings is 1. The number of ether oxygens (including phenoxy) is 2. The number of H-pyrrole nitrogens is 1. The average molecular weight is 410 g/mol. The topological polar surface area (TPSA) is 152 Å². The highest BCUT2D eigenvalue weighted by molar-refractivity contribution is 6.08. The molecule has 9 heteroatoms. The molecule has 0 unspecified atom stereocenters. The molecule has 1 heterocycles. The summed E-state index contributed by atoms with van der Waals surface area (Å²) in [5.41, 5.74) is 3.93. The molecule has 9 nitrogen and oxygen atoms in total. The zero-order valence-electron chi connectivity index (χ0n) is 15.8. The van der Waals surface area contributed by atoms with Gasteiger partial charge >= 0.3 is 11.9 Å². The van der Waals surface area contributed by atoms with E-state index in [0.717, 1.165) is 5.56 Å². The lowest BCUT2D eigenvalue weighted by atomic mass is 9.94. The third kappa shape index (κ3) is 3.95. The van der Waals surface area contributed by atoms with Gasteiger partial charge in [0.15, 0.2) is 0 Å². The van der Waals surface area contributed by atoms with Crippen molar-refractivity contribution in [3.8, 4) is 22.6 Å². The van der Waals surface area contributed by atoms with Crippen LogP contribution in [0, 0.1) is 0 Å². The number of aromatic nitrogens is 1. The van der Waals surface area contributed by atoms with Gasteiger partial charge in [0.25, 0.3) is 5.56 Å². The van der Waals surface area contributed by atoms with E-state index in [9.17, 15) is 24.6 Å². The molecule has 1 aromatic heterocycles. The molecule has 154 valence electrons. The van der Waals surface area contributed by atoms with E-state index in [4.69, 9.17) is 15.2 Å². The van der Waals surface area contributed by atoms with Gasteiger partial charge in [0.2, 0.25) is 0 Å². The Kier molecular flexibility index (Phi) is 5.73. The van der Waals surface area contributed by atoms with Crippen LogP contribution < -0.4 is 20.8 Å². The van der Waals surface area contributed by atoms with Gasteiger partial charge in [0.1, 0.15) is 35.1 Å². The highest BCUT2D eigenvalue weighted by Gasteiger charge is 2.28. The highest BCUT2D eigenvalue weighted by atomic mass is 16.5. The molecule has 0 saturated carbocycles. The Labute approximate surface area is 170 Å². The second-order valence-corrected chi connectivity index (χ2v) is 6.24. The van der Waals surface area contributed by atoms with Gasteiger partial charge in [-0.15, -0.1) is 0 Å². The van der Waals surface area contributed by atoms with Crippen molar-refractivity contribution >= 4 is 17.8 Å². The third-order valence-electron chi connectivity index (χ3n) is 4.36. The number of carbonyl (C=O) groups is 2. The predicted molar refractivity (Wildman–Crippen MR) is 108 cm³/mol. The first-order chi connectivity index (χ1) is 14.3. The normalized spacial score (nSPS) is 10.4. The van der Waals surface area contributed by atoms with Crippen molar-refractivity contribution in [2.75, 3.05) is 12.8 Å². The molecule has 0 spiro atoms. The van der Waals surface area contributed by atoms with Gasteiger partial charge in [-0.2, -0.15) is 0 Å². The maximum atomic E-state index is 12.3. The smallest absolute Gasteiger partial charge is 0.342 e. The van der Waals surface area contributed by atoms with Crippen LogP contribution in [0.3, 0.4) is 0 Å². The molecule has 0 radical (unpaired) electrons. The molecule has 0 bridgehead atoms. The lowest BCUT2D eigenvalue weighted by Crippen LogP contribution is -2.24. The fraction of sp³-hybridized carbons (Fsp3) is 0.0952. The standard InChI is InChI=1S/C21H18N2O7/c1-29-14-8-7-12(30-10-11-5-3-2-4-6-11)9-13(14)15-16(20(25)26)18(22)23-19(24)17(15)21(27)28/h2-9H,10H2,1H3,(H,25,26)(H,27,28)(H3,22,23,24). The van der Waals surface area contributed by atoms with E-state index in [1.165, 1.54) is 19.2 Å². The van der Waals surface area contributed by atoms with Gasteiger partial charge in [-0.05, 0) is 23.8 Å². The summed E-state index contributed by atoms with van der Waals surface area (Å²) in [4.78, 5) is 37.9. The van der Waals surface area contributed by atoms with Crippen LogP contribution >= 0.6 is 0 Å². The van der Waals surface area contributed by atoms with Crippen LogP contribution in [-0.4, -0.2) is 34.2 Å². The maximum absolute atomic E-state index is 12.3. The summed E-state index contributed by atoms with van der Waals surface area (Å²) in [5.74, 6) is -3.10. The lowest BCUT2D eigenvalue weighted by Gasteiger charge is -2.16. The van der Waals surface area contributed by atoms with Gasteiger partial charge in [0.05, 0.1) is 7.11 Å². The zero-order chi connectivity index (χ0) is 21.8. The second-order valence-electron chi connectivity index (χ2n) is 6.24. The van der Waals surface area contributed by atoms with E-state index in [-0.39, 0.29) is 23.5 Å². The Morgan fingerprint density at radius 1 is 1.03 bits per heavy atom. The first-order valence-electron chi connectivity index (χ1n) is 8.71. The Bertz CT molecular complexity index is 1170. The number of benzene rings is 2. The molecule has 3 aromatic rings.